The Balaban J connectivity index is 1.58. The molecular weight excluding hydrogens is 340 g/mol. The van der Waals surface area contributed by atoms with Gasteiger partial charge in [-0.1, -0.05) is 36.4 Å². The number of Topliss-reactive ketones (excluding diaryl/α,β-unsaturated/α-hetero) is 1. The monoisotopic (exact) mass is 362 g/mol. The number of nitrogens with zero attached hydrogens (tertiary/aromatic N) is 1. The number of urea groups is 1. The first-order chi connectivity index (χ1) is 12.9. The van der Waals surface area contributed by atoms with Crippen LogP contribution < -0.4 is 5.32 Å². The van der Waals surface area contributed by atoms with E-state index in [9.17, 15) is 14.4 Å². The molecular formula is C22H22N2O3. The molecule has 5 nitrogen and oxygen atoms in total. The summed E-state index contributed by atoms with van der Waals surface area (Å²) in [5.74, 6) is -0.612. The van der Waals surface area contributed by atoms with Gasteiger partial charge in [0.2, 0.25) is 0 Å². The number of rotatable bonds is 4. The molecule has 1 atom stereocenters. The minimum atomic E-state index is -1.15. The number of carbonyl (C=O) groups is 3. The molecule has 4 rings (SSSR count). The van der Waals surface area contributed by atoms with E-state index in [1.807, 2.05) is 43.3 Å². The third-order valence-electron chi connectivity index (χ3n) is 5.68. The van der Waals surface area contributed by atoms with Crippen molar-refractivity contribution in [2.24, 2.45) is 0 Å². The van der Waals surface area contributed by atoms with Gasteiger partial charge in [-0.3, -0.25) is 14.5 Å². The van der Waals surface area contributed by atoms with Gasteiger partial charge in [0.15, 0.2) is 5.78 Å². The minimum absolute atomic E-state index is 0.220. The normalized spacial score (nSPS) is 21.3. The molecule has 2 aliphatic rings. The Morgan fingerprint density at radius 1 is 1.11 bits per heavy atom. The lowest BCUT2D eigenvalue weighted by molar-refractivity contribution is -0.130. The Bertz CT molecular complexity index is 966. The second-order valence-electron chi connectivity index (χ2n) is 7.52. The van der Waals surface area contributed by atoms with Gasteiger partial charge in [0, 0.05) is 5.56 Å². The molecule has 2 aromatic rings. The Labute approximate surface area is 158 Å². The second-order valence-corrected chi connectivity index (χ2v) is 7.52. The minimum Gasteiger partial charge on any atom is -0.319 e. The molecule has 1 saturated heterocycles. The highest BCUT2D eigenvalue weighted by Gasteiger charge is 2.50. The fourth-order valence-corrected chi connectivity index (χ4v) is 4.14. The number of benzene rings is 2. The maximum Gasteiger partial charge on any atom is 0.325 e. The average Bonchev–Trinajstić information content (AvgIpc) is 3.20. The molecule has 1 aliphatic carbocycles. The second kappa shape index (κ2) is 6.34. The predicted molar refractivity (Wildman–Crippen MR) is 102 cm³/mol. The summed E-state index contributed by atoms with van der Waals surface area (Å²) in [4.78, 5) is 39.3. The first-order valence-corrected chi connectivity index (χ1v) is 9.25. The number of aryl methyl sites for hydroxylation is 3. The summed E-state index contributed by atoms with van der Waals surface area (Å²) in [6, 6.07) is 12.6. The van der Waals surface area contributed by atoms with Gasteiger partial charge in [0.05, 0.1) is 6.54 Å². The van der Waals surface area contributed by atoms with Crippen LogP contribution in [0.25, 0.3) is 0 Å². The fourth-order valence-electron chi connectivity index (χ4n) is 4.14. The summed E-state index contributed by atoms with van der Waals surface area (Å²) >= 11 is 0. The molecule has 1 N–H and O–H groups in total. The lowest BCUT2D eigenvalue weighted by atomic mass is 9.88. The highest BCUT2D eigenvalue weighted by atomic mass is 16.2. The quantitative estimate of drug-likeness (QED) is 0.671. The Kier molecular flexibility index (Phi) is 4.10. The number of fused-ring (bicyclic) bond motifs is 1. The smallest absolute Gasteiger partial charge is 0.319 e. The third kappa shape index (κ3) is 2.83. The lowest BCUT2D eigenvalue weighted by Crippen LogP contribution is -2.42. The maximum atomic E-state index is 13.0. The van der Waals surface area contributed by atoms with Gasteiger partial charge >= 0.3 is 6.03 Å². The van der Waals surface area contributed by atoms with E-state index in [-0.39, 0.29) is 12.3 Å². The highest BCUT2D eigenvalue weighted by Crippen LogP contribution is 2.31. The zero-order valence-corrected chi connectivity index (χ0v) is 15.5. The molecule has 0 spiro atoms. The summed E-state index contributed by atoms with van der Waals surface area (Å²) in [5, 5.41) is 2.77. The van der Waals surface area contributed by atoms with Crippen molar-refractivity contribution in [2.75, 3.05) is 6.54 Å². The van der Waals surface area contributed by atoms with Crippen LogP contribution in [-0.4, -0.2) is 29.2 Å². The molecule has 27 heavy (non-hydrogen) atoms. The topological polar surface area (TPSA) is 66.5 Å². The fraction of sp³-hybridized carbons (Fsp3) is 0.318. The van der Waals surface area contributed by atoms with Gasteiger partial charge in [-0.15, -0.1) is 0 Å². The molecule has 0 saturated carbocycles. The third-order valence-corrected chi connectivity index (χ3v) is 5.68. The zero-order chi connectivity index (χ0) is 19.2. The lowest BCUT2D eigenvalue weighted by Gasteiger charge is -2.24. The summed E-state index contributed by atoms with van der Waals surface area (Å²) < 4.78 is 0. The van der Waals surface area contributed by atoms with Gasteiger partial charge in [-0.25, -0.2) is 4.79 Å². The van der Waals surface area contributed by atoms with Crippen LogP contribution in [0, 0.1) is 6.92 Å². The SMILES string of the molecule is Cc1ccccc1C1(C)NC(=O)N(CC(=O)c2ccc3c(c2)CCC3)C1=O. The first kappa shape index (κ1) is 17.5. The van der Waals surface area contributed by atoms with Gasteiger partial charge < -0.3 is 5.32 Å². The Morgan fingerprint density at radius 3 is 2.63 bits per heavy atom. The van der Waals surface area contributed by atoms with Gasteiger partial charge in [0.25, 0.3) is 5.91 Å². The van der Waals surface area contributed by atoms with E-state index in [1.54, 1.807) is 13.0 Å². The largest absolute Gasteiger partial charge is 0.325 e. The van der Waals surface area contributed by atoms with Crippen LogP contribution >= 0.6 is 0 Å². The zero-order valence-electron chi connectivity index (χ0n) is 15.5. The molecule has 5 heteroatoms. The van der Waals surface area contributed by atoms with Gasteiger partial charge in [-0.2, -0.15) is 0 Å². The van der Waals surface area contributed by atoms with Gasteiger partial charge in [-0.05, 0) is 61.4 Å². The molecule has 138 valence electrons. The standard InChI is InChI=1S/C22H22N2O3/c1-14-6-3-4-9-18(14)22(2)20(26)24(21(27)23-22)13-19(25)17-11-10-15-7-5-8-16(15)12-17/h3-4,6,9-12H,5,7-8,13H2,1-2H3,(H,23,27). The molecule has 0 bridgehead atoms. The van der Waals surface area contributed by atoms with Crippen LogP contribution in [0.3, 0.4) is 0 Å². The number of nitrogens with one attached hydrogen (secondary N) is 1. The van der Waals surface area contributed by atoms with E-state index >= 15 is 0 Å². The van der Waals surface area contributed by atoms with E-state index in [1.165, 1.54) is 11.1 Å². The van der Waals surface area contributed by atoms with Crippen molar-refractivity contribution < 1.29 is 14.4 Å². The van der Waals surface area contributed by atoms with Crippen molar-refractivity contribution in [1.29, 1.82) is 0 Å². The summed E-state index contributed by atoms with van der Waals surface area (Å²) in [6.07, 6.45) is 3.13. The highest BCUT2D eigenvalue weighted by molar-refractivity contribution is 6.11. The average molecular weight is 362 g/mol. The predicted octanol–water partition coefficient (Wildman–Crippen LogP) is 3.13. The Morgan fingerprint density at radius 2 is 1.85 bits per heavy atom. The summed E-state index contributed by atoms with van der Waals surface area (Å²) in [7, 11) is 0. The number of hydrogen-bond acceptors (Lipinski definition) is 3. The van der Waals surface area contributed by atoms with Crippen LogP contribution in [0.4, 0.5) is 4.79 Å². The van der Waals surface area contributed by atoms with E-state index in [0.29, 0.717) is 5.56 Å². The van der Waals surface area contributed by atoms with Crippen LogP contribution in [0.5, 0.6) is 0 Å². The number of carbonyl (C=O) groups excluding carboxylic acids is 3. The number of hydrogen-bond donors (Lipinski definition) is 1. The first-order valence-electron chi connectivity index (χ1n) is 9.25. The summed E-state index contributed by atoms with van der Waals surface area (Å²) in [5.41, 5.74) is 3.55. The van der Waals surface area contributed by atoms with Crippen molar-refractivity contribution in [3.8, 4) is 0 Å². The molecule has 2 aromatic carbocycles. The maximum absolute atomic E-state index is 13.0. The van der Waals surface area contributed by atoms with Crippen molar-refractivity contribution in [3.05, 3.63) is 70.3 Å². The molecule has 1 unspecified atom stereocenters. The number of imide groups is 1. The van der Waals surface area contributed by atoms with Crippen molar-refractivity contribution >= 4 is 17.7 Å². The van der Waals surface area contributed by atoms with E-state index in [0.717, 1.165) is 35.3 Å². The van der Waals surface area contributed by atoms with Crippen LogP contribution in [0.15, 0.2) is 42.5 Å². The van der Waals surface area contributed by atoms with Crippen LogP contribution in [-0.2, 0) is 23.2 Å². The number of amides is 3. The molecule has 0 aromatic heterocycles. The van der Waals surface area contributed by atoms with Gasteiger partial charge in [0.1, 0.15) is 5.54 Å². The number of ketones is 1. The van der Waals surface area contributed by atoms with Crippen LogP contribution in [0.1, 0.15) is 46.0 Å². The molecule has 1 heterocycles. The van der Waals surface area contributed by atoms with Crippen molar-refractivity contribution in [3.63, 3.8) is 0 Å². The molecule has 1 fully saturated rings. The van der Waals surface area contributed by atoms with E-state index < -0.39 is 17.5 Å². The molecule has 0 radical (unpaired) electrons. The summed E-state index contributed by atoms with van der Waals surface area (Å²) in [6.45, 7) is 3.35. The van der Waals surface area contributed by atoms with E-state index in [2.05, 4.69) is 5.32 Å². The van der Waals surface area contributed by atoms with E-state index in [4.69, 9.17) is 0 Å². The molecule has 1 aliphatic heterocycles. The van der Waals surface area contributed by atoms with Crippen LogP contribution in [0.2, 0.25) is 0 Å². The Hall–Kier alpha value is -2.95. The molecule has 3 amide bonds. The van der Waals surface area contributed by atoms with Crippen molar-refractivity contribution in [1.82, 2.24) is 10.2 Å². The van der Waals surface area contributed by atoms with Crippen molar-refractivity contribution in [2.45, 2.75) is 38.6 Å².